The maximum absolute atomic E-state index is 12.7. The van der Waals surface area contributed by atoms with Gasteiger partial charge in [-0.25, -0.2) is 4.98 Å². The molecule has 0 aliphatic carbocycles. The van der Waals surface area contributed by atoms with Gasteiger partial charge in [0.2, 0.25) is 5.88 Å². The molecule has 0 atom stereocenters. The highest BCUT2D eigenvalue weighted by Crippen LogP contribution is 2.31. The number of piperazine rings is 1. The van der Waals surface area contributed by atoms with Crippen LogP contribution in [-0.4, -0.2) is 52.9 Å². The molecule has 1 aliphatic heterocycles. The summed E-state index contributed by atoms with van der Waals surface area (Å²) in [5.41, 5.74) is 2.84. The molecule has 1 aromatic carbocycles. The summed E-state index contributed by atoms with van der Waals surface area (Å²) in [5.74, 6) is 1.14. The number of hydrogen-bond acceptors (Lipinski definition) is 5. The number of amides is 1. The number of hydrogen-bond donors (Lipinski definition) is 1. The van der Waals surface area contributed by atoms with Crippen LogP contribution < -0.4 is 4.74 Å². The van der Waals surface area contributed by atoms with E-state index in [2.05, 4.69) is 36.4 Å². The summed E-state index contributed by atoms with van der Waals surface area (Å²) < 4.78 is 5.85. The lowest BCUT2D eigenvalue weighted by atomic mass is 10.1. The maximum Gasteiger partial charge on any atom is 0.255 e. The third kappa shape index (κ3) is 4.45. The Morgan fingerprint density at radius 1 is 1.11 bits per heavy atom. The summed E-state index contributed by atoms with van der Waals surface area (Å²) in [6, 6.07) is 7.92. The average molecular weight is 386 g/mol. The number of carbonyl (C=O) groups excluding carboxylic acids is 1. The molecule has 0 N–H and O–H groups in total. The molecule has 0 unspecified atom stereocenters. The van der Waals surface area contributed by atoms with Crippen LogP contribution in [0.4, 0.5) is 0 Å². The fourth-order valence-electron chi connectivity index (χ4n) is 3.16. The Morgan fingerprint density at radius 3 is 2.41 bits per heavy atom. The minimum absolute atomic E-state index is 0.0264. The minimum Gasteiger partial charge on any atom is -0.438 e. The molecule has 1 aliphatic rings. The first-order valence-electron chi connectivity index (χ1n) is 9.33. The Labute approximate surface area is 166 Å². The van der Waals surface area contributed by atoms with Gasteiger partial charge in [-0.2, -0.15) is 0 Å². The second-order valence-electron chi connectivity index (χ2n) is 7.26. The normalized spacial score (nSPS) is 15.3. The van der Waals surface area contributed by atoms with Crippen LogP contribution in [0.5, 0.6) is 11.6 Å². The van der Waals surface area contributed by atoms with Gasteiger partial charge in [-0.3, -0.25) is 9.69 Å². The summed E-state index contributed by atoms with van der Waals surface area (Å²) in [7, 11) is 0. The molecular formula is C21H27N3O2S. The summed E-state index contributed by atoms with van der Waals surface area (Å²) in [6.45, 7) is 11.8. The SMILES string of the molecule is Cc1ccc(Oc2ccc(C(=O)N3CCN(C(C)C)CC3)cn2)c(S)c1C. The van der Waals surface area contributed by atoms with E-state index in [1.807, 2.05) is 30.9 Å². The van der Waals surface area contributed by atoms with E-state index in [1.54, 1.807) is 18.3 Å². The summed E-state index contributed by atoms with van der Waals surface area (Å²) in [6.07, 6.45) is 1.59. The Kier molecular flexibility index (Phi) is 6.07. The molecule has 2 heterocycles. The maximum atomic E-state index is 12.7. The molecule has 3 rings (SSSR count). The molecule has 1 fully saturated rings. The van der Waals surface area contributed by atoms with Crippen molar-refractivity contribution in [1.82, 2.24) is 14.8 Å². The Bertz CT molecular complexity index is 813. The lowest BCUT2D eigenvalue weighted by Crippen LogP contribution is -2.50. The zero-order valence-electron chi connectivity index (χ0n) is 16.4. The number of aryl methyl sites for hydroxylation is 1. The number of benzene rings is 1. The van der Waals surface area contributed by atoms with Crippen LogP contribution in [-0.2, 0) is 0 Å². The first-order valence-corrected chi connectivity index (χ1v) is 9.78. The largest absolute Gasteiger partial charge is 0.438 e. The number of carbonyl (C=O) groups is 1. The number of aromatic nitrogens is 1. The molecule has 144 valence electrons. The fourth-order valence-corrected chi connectivity index (χ4v) is 3.46. The first-order chi connectivity index (χ1) is 12.9. The van der Waals surface area contributed by atoms with Crippen molar-refractivity contribution in [3.8, 4) is 11.6 Å². The smallest absolute Gasteiger partial charge is 0.255 e. The number of thiol groups is 1. The van der Waals surface area contributed by atoms with Crippen LogP contribution in [0.15, 0.2) is 35.4 Å². The van der Waals surface area contributed by atoms with Crippen LogP contribution in [0, 0.1) is 13.8 Å². The zero-order chi connectivity index (χ0) is 19.6. The average Bonchev–Trinajstić information content (AvgIpc) is 2.68. The minimum atomic E-state index is 0.0264. The molecule has 27 heavy (non-hydrogen) atoms. The third-order valence-electron chi connectivity index (χ3n) is 5.19. The molecule has 0 saturated carbocycles. The van der Waals surface area contributed by atoms with Gasteiger partial charge in [-0.1, -0.05) is 6.07 Å². The van der Waals surface area contributed by atoms with E-state index in [0.717, 1.165) is 36.6 Å². The predicted octanol–water partition coefficient (Wildman–Crippen LogP) is 3.95. The molecule has 2 aromatic rings. The topological polar surface area (TPSA) is 45.7 Å². The van der Waals surface area contributed by atoms with Crippen molar-refractivity contribution in [2.75, 3.05) is 26.2 Å². The van der Waals surface area contributed by atoms with Crippen LogP contribution in [0.2, 0.25) is 0 Å². The highest BCUT2D eigenvalue weighted by Gasteiger charge is 2.23. The van der Waals surface area contributed by atoms with Crippen molar-refractivity contribution in [3.05, 3.63) is 47.2 Å². The number of nitrogens with zero attached hydrogens (tertiary/aromatic N) is 3. The van der Waals surface area contributed by atoms with Crippen molar-refractivity contribution in [2.45, 2.75) is 38.6 Å². The standard InChI is InChI=1S/C21H27N3O2S/c1-14(2)23-9-11-24(12-10-23)21(25)17-6-8-19(22-13-17)26-18-7-5-15(3)16(4)20(18)27/h5-8,13-14,27H,9-12H2,1-4H3. The van der Waals surface area contributed by atoms with E-state index >= 15 is 0 Å². The van der Waals surface area contributed by atoms with Crippen LogP contribution >= 0.6 is 12.6 Å². The van der Waals surface area contributed by atoms with Gasteiger partial charge in [0, 0.05) is 44.5 Å². The van der Waals surface area contributed by atoms with E-state index in [4.69, 9.17) is 4.74 Å². The highest BCUT2D eigenvalue weighted by molar-refractivity contribution is 7.80. The lowest BCUT2D eigenvalue weighted by Gasteiger charge is -2.36. The van der Waals surface area contributed by atoms with Crippen molar-refractivity contribution in [3.63, 3.8) is 0 Å². The quantitative estimate of drug-likeness (QED) is 0.810. The second-order valence-corrected chi connectivity index (χ2v) is 7.71. The van der Waals surface area contributed by atoms with Gasteiger partial charge in [0.15, 0.2) is 0 Å². The van der Waals surface area contributed by atoms with E-state index in [-0.39, 0.29) is 5.91 Å². The van der Waals surface area contributed by atoms with Gasteiger partial charge in [-0.15, -0.1) is 12.6 Å². The van der Waals surface area contributed by atoms with Crippen molar-refractivity contribution in [2.24, 2.45) is 0 Å². The molecule has 1 aromatic heterocycles. The van der Waals surface area contributed by atoms with E-state index < -0.39 is 0 Å². The van der Waals surface area contributed by atoms with Gasteiger partial charge in [-0.05, 0) is 51.0 Å². The van der Waals surface area contributed by atoms with Crippen LogP contribution in [0.1, 0.15) is 35.3 Å². The molecule has 5 nitrogen and oxygen atoms in total. The molecule has 6 heteroatoms. The number of rotatable bonds is 4. The van der Waals surface area contributed by atoms with Crippen LogP contribution in [0.3, 0.4) is 0 Å². The summed E-state index contributed by atoms with van der Waals surface area (Å²) >= 11 is 4.54. The van der Waals surface area contributed by atoms with Crippen LogP contribution in [0.25, 0.3) is 0 Å². The van der Waals surface area contributed by atoms with Crippen molar-refractivity contribution in [1.29, 1.82) is 0 Å². The Hall–Kier alpha value is -2.05. The third-order valence-corrected chi connectivity index (χ3v) is 5.75. The number of ether oxygens (including phenoxy) is 1. The number of pyridine rings is 1. The first kappa shape index (κ1) is 19.7. The summed E-state index contributed by atoms with van der Waals surface area (Å²) in [4.78, 5) is 22.1. The molecule has 0 radical (unpaired) electrons. The zero-order valence-corrected chi connectivity index (χ0v) is 17.3. The van der Waals surface area contributed by atoms with E-state index in [0.29, 0.717) is 23.2 Å². The molecule has 0 spiro atoms. The Morgan fingerprint density at radius 2 is 1.81 bits per heavy atom. The molecule has 1 saturated heterocycles. The van der Waals surface area contributed by atoms with E-state index in [9.17, 15) is 4.79 Å². The second kappa shape index (κ2) is 8.31. The fraction of sp³-hybridized carbons (Fsp3) is 0.429. The molecule has 0 bridgehead atoms. The van der Waals surface area contributed by atoms with Gasteiger partial charge in [0.1, 0.15) is 5.75 Å². The monoisotopic (exact) mass is 385 g/mol. The lowest BCUT2D eigenvalue weighted by molar-refractivity contribution is 0.0595. The highest BCUT2D eigenvalue weighted by atomic mass is 32.1. The van der Waals surface area contributed by atoms with Gasteiger partial charge >= 0.3 is 0 Å². The van der Waals surface area contributed by atoms with Crippen molar-refractivity contribution >= 4 is 18.5 Å². The van der Waals surface area contributed by atoms with Gasteiger partial charge < -0.3 is 9.64 Å². The van der Waals surface area contributed by atoms with Gasteiger partial charge in [0.25, 0.3) is 5.91 Å². The predicted molar refractivity (Wildman–Crippen MR) is 110 cm³/mol. The van der Waals surface area contributed by atoms with Gasteiger partial charge in [0.05, 0.1) is 10.5 Å². The molecular weight excluding hydrogens is 358 g/mol. The van der Waals surface area contributed by atoms with Crippen molar-refractivity contribution < 1.29 is 9.53 Å². The summed E-state index contributed by atoms with van der Waals surface area (Å²) in [5, 5.41) is 0. The Balaban J connectivity index is 1.65. The molecule has 1 amide bonds. The van der Waals surface area contributed by atoms with E-state index in [1.165, 1.54) is 5.56 Å².